The summed E-state index contributed by atoms with van der Waals surface area (Å²) >= 11 is 0. The molecule has 0 N–H and O–H groups in total. The van der Waals surface area contributed by atoms with Gasteiger partial charge in [0.15, 0.2) is 0 Å². The van der Waals surface area contributed by atoms with Crippen molar-refractivity contribution in [3.63, 3.8) is 0 Å². The van der Waals surface area contributed by atoms with Crippen molar-refractivity contribution in [1.82, 2.24) is 0 Å². The fourth-order valence-electron chi connectivity index (χ4n) is 7.30. The lowest BCUT2D eigenvalue weighted by Gasteiger charge is -2.27. The first-order valence-electron chi connectivity index (χ1n) is 19.3. The Kier molecular flexibility index (Phi) is 10.7. The molecule has 1 heteroatoms. The summed E-state index contributed by atoms with van der Waals surface area (Å²) in [6.07, 6.45) is 8.95. The van der Waals surface area contributed by atoms with Crippen molar-refractivity contribution in [2.24, 2.45) is 0 Å². The Morgan fingerprint density at radius 2 is 0.839 bits per heavy atom. The lowest BCUT2D eigenvalue weighted by molar-refractivity contribution is 1.29. The van der Waals surface area contributed by atoms with Crippen LogP contribution < -0.4 is 4.90 Å². The van der Waals surface area contributed by atoms with Gasteiger partial charge in [0.25, 0.3) is 0 Å². The van der Waals surface area contributed by atoms with Crippen molar-refractivity contribution in [3.05, 3.63) is 256 Å². The van der Waals surface area contributed by atoms with Crippen LogP contribution in [0.1, 0.15) is 50.1 Å². The van der Waals surface area contributed by atoms with E-state index in [1.165, 1.54) is 66.4 Å². The van der Waals surface area contributed by atoms with Crippen LogP contribution in [0.4, 0.5) is 17.1 Å². The van der Waals surface area contributed by atoms with Gasteiger partial charge in [0.2, 0.25) is 0 Å². The number of anilines is 3. The van der Waals surface area contributed by atoms with E-state index in [2.05, 4.69) is 244 Å². The number of allylic oxidation sites excluding steroid dienone is 2. The Hall–Kier alpha value is -6.96. The van der Waals surface area contributed by atoms with Crippen LogP contribution in [-0.4, -0.2) is 0 Å². The number of fused-ring (bicyclic) bond motifs is 1. The van der Waals surface area contributed by atoms with Crippen molar-refractivity contribution in [1.29, 1.82) is 0 Å². The van der Waals surface area contributed by atoms with Gasteiger partial charge in [0.1, 0.15) is 0 Å². The molecule has 0 aromatic heterocycles. The van der Waals surface area contributed by atoms with Crippen LogP contribution in [0.2, 0.25) is 0 Å². The topological polar surface area (TPSA) is 3.24 Å². The molecule has 8 aromatic carbocycles. The second-order valence-electron chi connectivity index (χ2n) is 14.4. The van der Waals surface area contributed by atoms with Gasteiger partial charge in [-0.2, -0.15) is 0 Å². The zero-order valence-corrected chi connectivity index (χ0v) is 32.2. The van der Waals surface area contributed by atoms with Crippen LogP contribution in [-0.2, 0) is 0 Å². The van der Waals surface area contributed by atoms with Gasteiger partial charge in [-0.15, -0.1) is 0 Å². The molecule has 1 nitrogen and oxygen atoms in total. The van der Waals surface area contributed by atoms with Gasteiger partial charge in [0, 0.05) is 16.8 Å². The van der Waals surface area contributed by atoms with Crippen molar-refractivity contribution in [2.45, 2.75) is 20.8 Å². The number of rotatable bonds is 10. The predicted molar refractivity (Wildman–Crippen MR) is 242 cm³/mol. The molecule has 0 aliphatic heterocycles. The van der Waals surface area contributed by atoms with Crippen LogP contribution in [0.25, 0.3) is 34.1 Å². The third-order valence-electron chi connectivity index (χ3n) is 10.4. The van der Waals surface area contributed by atoms with Gasteiger partial charge in [-0.25, -0.2) is 0 Å². The maximum absolute atomic E-state index is 2.38. The molecule has 0 aliphatic carbocycles. The molecule has 0 bridgehead atoms. The van der Waals surface area contributed by atoms with E-state index in [1.807, 2.05) is 0 Å². The molecule has 0 radical (unpaired) electrons. The highest BCUT2D eigenvalue weighted by molar-refractivity contribution is 6.03. The van der Waals surface area contributed by atoms with Crippen molar-refractivity contribution in [3.8, 4) is 0 Å². The summed E-state index contributed by atoms with van der Waals surface area (Å²) in [5.74, 6) is 0. The standard InChI is InChI=1S/C55H45N/c1-40-21-29-47(30-22-40)54(48-31-23-41(2)24-32-48)39-43-27-36-50(37-28-43)56(49-34-25-42(3)26-35-49)55-38-33-46(52-18-10-11-19-53(52)55)17-12-20-51(44-13-6-4-7-14-44)45-15-8-5-9-16-45/h4-39H,1-3H3/b17-12+. The summed E-state index contributed by atoms with van der Waals surface area (Å²) in [5, 5.41) is 2.39. The summed E-state index contributed by atoms with van der Waals surface area (Å²) in [6.45, 7) is 6.41. The molecule has 0 aliphatic rings. The molecule has 0 fully saturated rings. The molecule has 0 spiro atoms. The largest absolute Gasteiger partial charge is 0.310 e. The van der Waals surface area contributed by atoms with Crippen LogP contribution in [0.15, 0.2) is 206 Å². The van der Waals surface area contributed by atoms with Gasteiger partial charge in [0.05, 0.1) is 5.69 Å². The Bertz CT molecular complexity index is 2560. The van der Waals surface area contributed by atoms with E-state index in [9.17, 15) is 0 Å². The monoisotopic (exact) mass is 719 g/mol. The molecular weight excluding hydrogens is 675 g/mol. The van der Waals surface area contributed by atoms with E-state index in [1.54, 1.807) is 0 Å². The average molecular weight is 720 g/mol. The first kappa shape index (κ1) is 36.0. The van der Waals surface area contributed by atoms with E-state index in [0.29, 0.717) is 0 Å². The third-order valence-corrected chi connectivity index (χ3v) is 10.4. The van der Waals surface area contributed by atoms with Gasteiger partial charge in [-0.1, -0.05) is 199 Å². The van der Waals surface area contributed by atoms with E-state index in [0.717, 1.165) is 22.6 Å². The molecule has 0 saturated carbocycles. The third kappa shape index (κ3) is 8.09. The van der Waals surface area contributed by atoms with E-state index in [-0.39, 0.29) is 0 Å². The second-order valence-corrected chi connectivity index (χ2v) is 14.4. The quantitative estimate of drug-likeness (QED) is 0.100. The lowest BCUT2D eigenvalue weighted by atomic mass is 9.94. The number of hydrogen-bond donors (Lipinski definition) is 0. The summed E-state index contributed by atoms with van der Waals surface area (Å²) in [6, 6.07) is 69.9. The van der Waals surface area contributed by atoms with Crippen LogP contribution >= 0.6 is 0 Å². The number of benzene rings is 8. The molecule has 270 valence electrons. The highest BCUT2D eigenvalue weighted by Gasteiger charge is 2.17. The maximum atomic E-state index is 2.38. The lowest BCUT2D eigenvalue weighted by Crippen LogP contribution is -2.10. The number of aryl methyl sites for hydroxylation is 3. The minimum absolute atomic E-state index is 1.10. The molecule has 0 saturated heterocycles. The second kappa shape index (κ2) is 16.6. The van der Waals surface area contributed by atoms with Gasteiger partial charge >= 0.3 is 0 Å². The summed E-state index contributed by atoms with van der Waals surface area (Å²) in [5.41, 5.74) is 16.6. The summed E-state index contributed by atoms with van der Waals surface area (Å²) in [7, 11) is 0. The van der Waals surface area contributed by atoms with Crippen LogP contribution in [0.5, 0.6) is 0 Å². The van der Waals surface area contributed by atoms with E-state index < -0.39 is 0 Å². The van der Waals surface area contributed by atoms with Gasteiger partial charge in [-0.3, -0.25) is 0 Å². The molecule has 8 rings (SSSR count). The fraction of sp³-hybridized carbons (Fsp3) is 0.0545. The summed E-state index contributed by atoms with van der Waals surface area (Å²) < 4.78 is 0. The first-order chi connectivity index (χ1) is 27.5. The summed E-state index contributed by atoms with van der Waals surface area (Å²) in [4.78, 5) is 2.38. The molecule has 0 heterocycles. The number of hydrogen-bond acceptors (Lipinski definition) is 1. The molecule has 0 unspecified atom stereocenters. The highest BCUT2D eigenvalue weighted by atomic mass is 15.1. The molecular formula is C55H45N. The van der Waals surface area contributed by atoms with Crippen molar-refractivity contribution in [2.75, 3.05) is 4.90 Å². The molecule has 0 atom stereocenters. The minimum atomic E-state index is 1.10. The van der Waals surface area contributed by atoms with Crippen molar-refractivity contribution >= 4 is 51.1 Å². The van der Waals surface area contributed by atoms with Crippen LogP contribution in [0, 0.1) is 20.8 Å². The normalized spacial score (nSPS) is 11.1. The Labute approximate surface area is 331 Å². The zero-order chi connectivity index (χ0) is 38.3. The maximum Gasteiger partial charge on any atom is 0.0540 e. The predicted octanol–water partition coefficient (Wildman–Crippen LogP) is 15.0. The Balaban J connectivity index is 1.19. The van der Waals surface area contributed by atoms with Gasteiger partial charge < -0.3 is 4.90 Å². The molecule has 0 amide bonds. The first-order valence-corrected chi connectivity index (χ1v) is 19.3. The van der Waals surface area contributed by atoms with E-state index >= 15 is 0 Å². The zero-order valence-electron chi connectivity index (χ0n) is 32.2. The van der Waals surface area contributed by atoms with Gasteiger partial charge in [-0.05, 0) is 107 Å². The average Bonchev–Trinajstić information content (AvgIpc) is 3.25. The highest BCUT2D eigenvalue weighted by Crippen LogP contribution is 2.40. The molecule has 8 aromatic rings. The van der Waals surface area contributed by atoms with Crippen LogP contribution in [0.3, 0.4) is 0 Å². The van der Waals surface area contributed by atoms with E-state index in [4.69, 9.17) is 0 Å². The number of nitrogens with zero attached hydrogens (tertiary/aromatic N) is 1. The fourth-order valence-corrected chi connectivity index (χ4v) is 7.30. The molecule has 56 heavy (non-hydrogen) atoms. The van der Waals surface area contributed by atoms with Crippen molar-refractivity contribution < 1.29 is 0 Å². The SMILES string of the molecule is Cc1ccc(C(=Cc2ccc(N(c3ccc(C)cc3)c3ccc(/C=C/C=C(c4ccccc4)c4ccccc4)c4ccccc34)cc2)c2ccc(C)cc2)cc1. The Morgan fingerprint density at radius 3 is 1.38 bits per heavy atom. The Morgan fingerprint density at radius 1 is 0.393 bits per heavy atom. The smallest absolute Gasteiger partial charge is 0.0540 e. The minimum Gasteiger partial charge on any atom is -0.310 e.